The molecule has 1 aromatic rings. The molecule has 1 aliphatic heterocycles. The molecule has 0 radical (unpaired) electrons. The van der Waals surface area contributed by atoms with Crippen LogP contribution in [0.25, 0.3) is 0 Å². The number of carboxylic acids is 2. The van der Waals surface area contributed by atoms with Gasteiger partial charge >= 0.3 is 5.97 Å². The first kappa shape index (κ1) is 18.7. The maximum absolute atomic E-state index is 10.6. The highest BCUT2D eigenvalue weighted by Crippen LogP contribution is 2.12. The van der Waals surface area contributed by atoms with Gasteiger partial charge in [0.2, 0.25) is 5.84 Å². The smallest absolute Gasteiger partial charge is 0.336 e. The second-order valence-electron chi connectivity index (χ2n) is 5.71. The van der Waals surface area contributed by atoms with Gasteiger partial charge < -0.3 is 15.0 Å². The summed E-state index contributed by atoms with van der Waals surface area (Å²) in [5, 5.41) is 19.3. The first-order valence-corrected chi connectivity index (χ1v) is 7.54. The third-order valence-corrected chi connectivity index (χ3v) is 4.20. The number of carboxylic acid groups (broad SMARTS) is 2. The van der Waals surface area contributed by atoms with Gasteiger partial charge in [-0.3, -0.25) is 9.48 Å². The van der Waals surface area contributed by atoms with E-state index in [1.165, 1.54) is 24.5 Å². The SMILES string of the molecule is CC1=[N+](C)C(C)CN1C.CCc1ccc(C(=O)O)c(C(=O)[O-])c1. The van der Waals surface area contributed by atoms with Crippen molar-refractivity contribution in [3.8, 4) is 0 Å². The third kappa shape index (κ3) is 4.55. The number of rotatable bonds is 3. The van der Waals surface area contributed by atoms with Crippen molar-refractivity contribution in [3.63, 3.8) is 0 Å². The molecule has 2 rings (SSSR count). The molecule has 0 saturated carbocycles. The molecule has 1 N–H and O–H groups in total. The number of aromatic carboxylic acids is 2. The summed E-state index contributed by atoms with van der Waals surface area (Å²) in [6.45, 7) is 7.42. The molecule has 0 fully saturated rings. The Morgan fingerprint density at radius 1 is 1.39 bits per heavy atom. The Labute approximate surface area is 136 Å². The lowest BCUT2D eigenvalue weighted by Gasteiger charge is -2.08. The molecule has 0 aliphatic carbocycles. The van der Waals surface area contributed by atoms with E-state index in [0.717, 1.165) is 5.56 Å². The molecule has 0 bridgehead atoms. The van der Waals surface area contributed by atoms with Gasteiger partial charge in [0, 0.05) is 12.5 Å². The molecule has 6 heteroatoms. The van der Waals surface area contributed by atoms with Crippen molar-refractivity contribution in [2.24, 2.45) is 0 Å². The lowest BCUT2D eigenvalue weighted by molar-refractivity contribution is -0.523. The quantitative estimate of drug-likeness (QED) is 0.829. The summed E-state index contributed by atoms with van der Waals surface area (Å²) in [4.78, 5) is 23.5. The fourth-order valence-corrected chi connectivity index (χ4v) is 2.41. The number of carbonyl (C=O) groups excluding carboxylic acids is 1. The van der Waals surface area contributed by atoms with E-state index in [-0.39, 0.29) is 11.1 Å². The standard InChI is InChI=1S/C10H10O4.C7H15N2/c1-2-6-3-4-7(9(11)12)8(5-6)10(13)14;1-6-5-8(3)7(2)9(6)4/h3-5H,2H2,1H3,(H,11,12)(H,13,14);6H,5H2,1-4H3/q;+1/p-1. The van der Waals surface area contributed by atoms with Gasteiger partial charge in [0.25, 0.3) is 0 Å². The van der Waals surface area contributed by atoms with E-state index < -0.39 is 11.9 Å². The van der Waals surface area contributed by atoms with Crippen molar-refractivity contribution < 1.29 is 24.4 Å². The molecule has 1 heterocycles. The Bertz CT molecular complexity index is 621. The zero-order valence-corrected chi connectivity index (χ0v) is 14.3. The van der Waals surface area contributed by atoms with Gasteiger partial charge in [-0.25, -0.2) is 4.79 Å². The van der Waals surface area contributed by atoms with Crippen LogP contribution in [0.2, 0.25) is 0 Å². The number of hydrogen-bond donors (Lipinski definition) is 1. The normalized spacial score (nSPS) is 16.9. The summed E-state index contributed by atoms with van der Waals surface area (Å²) in [5.41, 5.74) is 0.272. The van der Waals surface area contributed by atoms with Crippen molar-refractivity contribution in [2.75, 3.05) is 20.6 Å². The predicted molar refractivity (Wildman–Crippen MR) is 86.1 cm³/mol. The minimum absolute atomic E-state index is 0.234. The predicted octanol–water partition coefficient (Wildman–Crippen LogP) is 0.692. The third-order valence-electron chi connectivity index (χ3n) is 4.20. The van der Waals surface area contributed by atoms with Crippen LogP contribution in [-0.4, -0.2) is 59.0 Å². The van der Waals surface area contributed by atoms with Crippen LogP contribution < -0.4 is 5.11 Å². The molecular weight excluding hydrogens is 296 g/mol. The molecule has 0 aromatic heterocycles. The van der Waals surface area contributed by atoms with Crippen LogP contribution in [0.4, 0.5) is 0 Å². The van der Waals surface area contributed by atoms with Crippen molar-refractivity contribution in [1.82, 2.24) is 4.90 Å². The number of benzene rings is 1. The molecule has 0 spiro atoms. The Morgan fingerprint density at radius 3 is 2.30 bits per heavy atom. The Morgan fingerprint density at radius 2 is 2.00 bits per heavy atom. The van der Waals surface area contributed by atoms with Crippen LogP contribution in [0.3, 0.4) is 0 Å². The van der Waals surface area contributed by atoms with E-state index >= 15 is 0 Å². The fourth-order valence-electron chi connectivity index (χ4n) is 2.41. The minimum atomic E-state index is -1.46. The summed E-state index contributed by atoms with van der Waals surface area (Å²) < 4.78 is 2.31. The van der Waals surface area contributed by atoms with E-state index in [1.807, 2.05) is 6.92 Å². The molecule has 126 valence electrons. The zero-order chi connectivity index (χ0) is 17.7. The van der Waals surface area contributed by atoms with Gasteiger partial charge in [-0.1, -0.05) is 13.0 Å². The maximum Gasteiger partial charge on any atom is 0.336 e. The summed E-state index contributed by atoms with van der Waals surface area (Å²) in [6.07, 6.45) is 0.653. The second-order valence-corrected chi connectivity index (χ2v) is 5.71. The number of amidine groups is 1. The van der Waals surface area contributed by atoms with E-state index in [0.29, 0.717) is 12.5 Å². The van der Waals surface area contributed by atoms with E-state index in [4.69, 9.17) is 5.11 Å². The lowest BCUT2D eigenvalue weighted by atomic mass is 10.0. The highest BCUT2D eigenvalue weighted by atomic mass is 16.4. The Kier molecular flexibility index (Phi) is 6.30. The molecule has 1 aliphatic rings. The summed E-state index contributed by atoms with van der Waals surface area (Å²) in [5.74, 6) is -1.34. The fraction of sp³-hybridized carbons (Fsp3) is 0.471. The Balaban J connectivity index is 0.000000253. The topological polar surface area (TPSA) is 83.7 Å². The molecular formula is C17H24N2O4. The van der Waals surface area contributed by atoms with Gasteiger partial charge in [0.05, 0.1) is 25.6 Å². The van der Waals surface area contributed by atoms with Gasteiger partial charge in [-0.05, 0) is 31.0 Å². The number of likely N-dealkylation sites (N-methyl/N-ethyl adjacent to an activating group) is 2. The molecule has 0 saturated heterocycles. The van der Waals surface area contributed by atoms with Crippen LogP contribution in [0, 0.1) is 0 Å². The van der Waals surface area contributed by atoms with Crippen LogP contribution >= 0.6 is 0 Å². The van der Waals surface area contributed by atoms with Gasteiger partial charge in [-0.2, -0.15) is 0 Å². The first-order chi connectivity index (χ1) is 10.7. The van der Waals surface area contributed by atoms with Gasteiger partial charge in [0.15, 0.2) is 0 Å². The number of carbonyl (C=O) groups is 2. The van der Waals surface area contributed by atoms with Gasteiger partial charge in [-0.15, -0.1) is 0 Å². The number of aryl methyl sites for hydroxylation is 1. The largest absolute Gasteiger partial charge is 0.545 e. The molecule has 6 nitrogen and oxygen atoms in total. The van der Waals surface area contributed by atoms with E-state index in [2.05, 4.69) is 37.4 Å². The van der Waals surface area contributed by atoms with Crippen LogP contribution in [0.15, 0.2) is 18.2 Å². The second kappa shape index (κ2) is 7.76. The van der Waals surface area contributed by atoms with Crippen molar-refractivity contribution in [3.05, 3.63) is 34.9 Å². The minimum Gasteiger partial charge on any atom is -0.545 e. The van der Waals surface area contributed by atoms with Crippen LogP contribution in [0.5, 0.6) is 0 Å². The molecule has 1 unspecified atom stereocenters. The van der Waals surface area contributed by atoms with E-state index in [9.17, 15) is 14.7 Å². The van der Waals surface area contributed by atoms with Crippen molar-refractivity contribution in [2.45, 2.75) is 33.2 Å². The summed E-state index contributed by atoms with van der Waals surface area (Å²) in [6, 6.07) is 4.90. The van der Waals surface area contributed by atoms with Crippen LogP contribution in [0.1, 0.15) is 47.1 Å². The lowest BCUT2D eigenvalue weighted by Crippen LogP contribution is -2.25. The van der Waals surface area contributed by atoms with Gasteiger partial charge in [0.1, 0.15) is 12.6 Å². The Hall–Kier alpha value is -2.37. The monoisotopic (exact) mass is 320 g/mol. The highest BCUT2D eigenvalue weighted by Gasteiger charge is 2.26. The number of nitrogens with zero attached hydrogens (tertiary/aromatic N) is 2. The summed E-state index contributed by atoms with van der Waals surface area (Å²) in [7, 11) is 4.28. The zero-order valence-electron chi connectivity index (χ0n) is 14.3. The summed E-state index contributed by atoms with van der Waals surface area (Å²) >= 11 is 0. The van der Waals surface area contributed by atoms with Crippen molar-refractivity contribution in [1.29, 1.82) is 0 Å². The molecule has 1 aromatic carbocycles. The van der Waals surface area contributed by atoms with Crippen molar-refractivity contribution >= 4 is 17.8 Å². The first-order valence-electron chi connectivity index (χ1n) is 7.54. The molecule has 23 heavy (non-hydrogen) atoms. The maximum atomic E-state index is 10.6. The molecule has 1 atom stereocenters. The highest BCUT2D eigenvalue weighted by molar-refractivity contribution is 6.01. The number of hydrogen-bond acceptors (Lipinski definition) is 4. The average molecular weight is 320 g/mol. The molecule has 0 amide bonds. The van der Waals surface area contributed by atoms with E-state index in [1.54, 1.807) is 6.07 Å². The average Bonchev–Trinajstić information content (AvgIpc) is 2.73. The van der Waals surface area contributed by atoms with Crippen LogP contribution in [-0.2, 0) is 6.42 Å².